The van der Waals surface area contributed by atoms with Crippen LogP contribution in [0.3, 0.4) is 0 Å². The number of thiol groups is 1. The van der Waals surface area contributed by atoms with Crippen molar-refractivity contribution in [1.82, 2.24) is 10.2 Å². The molecule has 1 aromatic carbocycles. The van der Waals surface area contributed by atoms with E-state index in [-0.39, 0.29) is 34.6 Å². The number of non-ortho nitro benzene ring substituents is 1. The summed E-state index contributed by atoms with van der Waals surface area (Å²) in [5, 5.41) is 12.9. The molecular weight excluding hydrogens is 557 g/mol. The third-order valence-corrected chi connectivity index (χ3v) is 7.12. The Morgan fingerprint density at radius 2 is 2.03 bits per heavy atom. The summed E-state index contributed by atoms with van der Waals surface area (Å²) in [7, 11) is 0. The van der Waals surface area contributed by atoms with E-state index in [1.54, 1.807) is 6.92 Å². The summed E-state index contributed by atoms with van der Waals surface area (Å²) in [6, 6.07) is 5.37. The molecule has 4 atom stereocenters. The number of nitro benzene ring substituents is 1. The van der Waals surface area contributed by atoms with Gasteiger partial charge in [0.05, 0.1) is 9.47 Å². The molecule has 1 heterocycles. The Balaban J connectivity index is 2.08. The summed E-state index contributed by atoms with van der Waals surface area (Å²) in [5.41, 5.74) is 0.567. The van der Waals surface area contributed by atoms with Crippen molar-refractivity contribution in [3.8, 4) is 0 Å². The first-order chi connectivity index (χ1) is 14.6. The molecule has 170 valence electrons. The van der Waals surface area contributed by atoms with Gasteiger partial charge in [0.1, 0.15) is 6.61 Å². The topological polar surface area (TPSA) is 119 Å². The number of ether oxygens (including phenoxy) is 1. The Kier molecular flexibility index (Phi) is 9.88. The molecule has 1 saturated heterocycles. The molecule has 1 N–H and O–H groups in total. The smallest absolute Gasteiger partial charge is 0.410 e. The van der Waals surface area contributed by atoms with E-state index < -0.39 is 22.2 Å². The molecule has 1 fully saturated rings. The van der Waals surface area contributed by atoms with E-state index in [0.717, 1.165) is 0 Å². The molecule has 0 radical (unpaired) electrons. The minimum absolute atomic E-state index is 0.0451. The van der Waals surface area contributed by atoms with Gasteiger partial charge in [-0.15, -0.1) is 0 Å². The minimum atomic E-state index is -0.574. The van der Waals surface area contributed by atoms with E-state index in [9.17, 15) is 24.5 Å². The molecule has 0 saturated carbocycles. The van der Waals surface area contributed by atoms with Crippen molar-refractivity contribution < 1.29 is 24.0 Å². The summed E-state index contributed by atoms with van der Waals surface area (Å²) < 4.78 is 5.89. The number of likely N-dealkylation sites (tertiary alicyclic amines) is 1. The zero-order valence-electron chi connectivity index (χ0n) is 17.0. The highest BCUT2D eigenvalue weighted by Crippen LogP contribution is 2.34. The van der Waals surface area contributed by atoms with Crippen LogP contribution in [0.2, 0.25) is 0 Å². The molecule has 2 amide bonds. The van der Waals surface area contributed by atoms with Crippen molar-refractivity contribution in [3.63, 3.8) is 0 Å². The average Bonchev–Trinajstić information content (AvgIpc) is 3.14. The lowest BCUT2D eigenvalue weighted by atomic mass is 9.98. The standard InChI is InChI=1S/C19H24IN3O6S2/c1-11(18(25)21-10-20)17(30)16-7-15(31-12(2)24)8-22(16)19(26)29-9-13-3-5-14(6-4-13)23(27)28/h3-6,11,15-17,30H,7-10H2,1-2H3,(H,21,25). The van der Waals surface area contributed by atoms with Gasteiger partial charge in [-0.25, -0.2) is 4.79 Å². The van der Waals surface area contributed by atoms with Crippen LogP contribution in [0.15, 0.2) is 24.3 Å². The maximum atomic E-state index is 12.8. The first-order valence-corrected chi connectivity index (χ1v) is 12.4. The molecule has 31 heavy (non-hydrogen) atoms. The van der Waals surface area contributed by atoms with Crippen LogP contribution in [0, 0.1) is 16.0 Å². The number of amides is 2. The van der Waals surface area contributed by atoms with Gasteiger partial charge in [-0.1, -0.05) is 41.3 Å². The third kappa shape index (κ3) is 7.24. The van der Waals surface area contributed by atoms with Gasteiger partial charge in [0.15, 0.2) is 5.12 Å². The van der Waals surface area contributed by atoms with Gasteiger partial charge in [0.25, 0.3) is 5.69 Å². The van der Waals surface area contributed by atoms with Crippen LogP contribution >= 0.6 is 47.0 Å². The lowest BCUT2D eigenvalue weighted by molar-refractivity contribution is -0.384. The van der Waals surface area contributed by atoms with Crippen LogP contribution in [-0.2, 0) is 20.9 Å². The number of benzene rings is 1. The number of nitro groups is 1. The molecular formula is C19H24IN3O6S2. The maximum absolute atomic E-state index is 12.8. The second-order valence-electron chi connectivity index (χ2n) is 7.12. The maximum Gasteiger partial charge on any atom is 0.410 e. The fourth-order valence-corrected chi connectivity index (χ4v) is 5.13. The highest BCUT2D eigenvalue weighted by atomic mass is 127. The second-order valence-corrected chi connectivity index (χ2v) is 9.96. The number of alkyl halides is 1. The van der Waals surface area contributed by atoms with Gasteiger partial charge >= 0.3 is 6.09 Å². The summed E-state index contributed by atoms with van der Waals surface area (Å²) in [6.07, 6.45) is -0.0528. The normalized spacial score (nSPS) is 20.1. The fourth-order valence-electron chi connectivity index (χ4n) is 3.34. The van der Waals surface area contributed by atoms with Crippen molar-refractivity contribution in [3.05, 3.63) is 39.9 Å². The van der Waals surface area contributed by atoms with Gasteiger partial charge in [-0.3, -0.25) is 19.7 Å². The predicted molar refractivity (Wildman–Crippen MR) is 129 cm³/mol. The summed E-state index contributed by atoms with van der Waals surface area (Å²) in [6.45, 7) is 3.49. The third-order valence-electron chi connectivity index (χ3n) is 4.94. The Morgan fingerprint density at radius 3 is 2.58 bits per heavy atom. The number of hydrogen-bond donors (Lipinski definition) is 2. The van der Waals surface area contributed by atoms with Crippen LogP contribution < -0.4 is 5.32 Å². The first kappa shape index (κ1) is 25.7. The van der Waals surface area contributed by atoms with Crippen LogP contribution in [0.4, 0.5) is 10.5 Å². The summed E-state index contributed by atoms with van der Waals surface area (Å²) >= 11 is 7.84. The zero-order chi connectivity index (χ0) is 23.1. The predicted octanol–water partition coefficient (Wildman–Crippen LogP) is 3.40. The number of halogens is 1. The van der Waals surface area contributed by atoms with E-state index in [4.69, 9.17) is 4.74 Å². The Labute approximate surface area is 203 Å². The molecule has 9 nitrogen and oxygen atoms in total. The van der Waals surface area contributed by atoms with Crippen LogP contribution in [-0.4, -0.2) is 54.6 Å². The zero-order valence-corrected chi connectivity index (χ0v) is 20.9. The lowest BCUT2D eigenvalue weighted by Crippen LogP contribution is -2.46. The second kappa shape index (κ2) is 11.9. The molecule has 0 aliphatic carbocycles. The first-order valence-electron chi connectivity index (χ1n) is 9.49. The van der Waals surface area contributed by atoms with E-state index in [1.165, 1.54) is 47.9 Å². The van der Waals surface area contributed by atoms with Crippen molar-refractivity contribution in [2.75, 3.05) is 11.1 Å². The minimum Gasteiger partial charge on any atom is -0.445 e. The highest BCUT2D eigenvalue weighted by molar-refractivity contribution is 14.1. The van der Waals surface area contributed by atoms with Gasteiger partial charge in [-0.2, -0.15) is 12.6 Å². The number of nitrogens with one attached hydrogen (secondary N) is 1. The molecule has 1 aromatic rings. The molecule has 1 aliphatic heterocycles. The number of carbonyl (C=O) groups is 3. The van der Waals surface area contributed by atoms with Crippen LogP contribution in [0.5, 0.6) is 0 Å². The largest absolute Gasteiger partial charge is 0.445 e. The molecule has 0 bridgehead atoms. The lowest BCUT2D eigenvalue weighted by Gasteiger charge is -2.31. The van der Waals surface area contributed by atoms with Gasteiger partial charge in [-0.05, 0) is 24.1 Å². The molecule has 1 aliphatic rings. The van der Waals surface area contributed by atoms with Crippen LogP contribution in [0.25, 0.3) is 0 Å². The molecule has 4 unspecified atom stereocenters. The fraction of sp³-hybridized carbons (Fsp3) is 0.526. The summed E-state index contributed by atoms with van der Waals surface area (Å²) in [5.74, 6) is -0.606. The van der Waals surface area contributed by atoms with Crippen molar-refractivity contribution in [1.29, 1.82) is 0 Å². The summed E-state index contributed by atoms with van der Waals surface area (Å²) in [4.78, 5) is 48.4. The number of hydrogen-bond acceptors (Lipinski definition) is 8. The van der Waals surface area contributed by atoms with Gasteiger partial charge < -0.3 is 15.0 Å². The van der Waals surface area contributed by atoms with E-state index in [1.807, 2.05) is 22.6 Å². The van der Waals surface area contributed by atoms with E-state index in [2.05, 4.69) is 17.9 Å². The van der Waals surface area contributed by atoms with Crippen LogP contribution in [0.1, 0.15) is 25.8 Å². The molecule has 0 aromatic heterocycles. The Morgan fingerprint density at radius 1 is 1.39 bits per heavy atom. The number of carbonyl (C=O) groups excluding carboxylic acids is 3. The monoisotopic (exact) mass is 581 g/mol. The molecule has 2 rings (SSSR count). The molecule has 12 heteroatoms. The number of thioether (sulfide) groups is 1. The number of rotatable bonds is 8. The number of nitrogens with zero attached hydrogens (tertiary/aromatic N) is 2. The average molecular weight is 581 g/mol. The van der Waals surface area contributed by atoms with Crippen molar-refractivity contribution >= 4 is 69.8 Å². The van der Waals surface area contributed by atoms with Gasteiger partial charge in [0.2, 0.25) is 5.91 Å². The Hall–Kier alpha value is -1.54. The van der Waals surface area contributed by atoms with Crippen molar-refractivity contribution in [2.45, 2.75) is 43.4 Å². The van der Waals surface area contributed by atoms with Gasteiger partial charge in [0, 0.05) is 48.1 Å². The highest BCUT2D eigenvalue weighted by Gasteiger charge is 2.43. The van der Waals surface area contributed by atoms with Crippen molar-refractivity contribution in [2.24, 2.45) is 5.92 Å². The molecule has 0 spiro atoms. The Bertz CT molecular complexity index is 825. The van der Waals surface area contributed by atoms with E-state index >= 15 is 0 Å². The quantitative estimate of drug-likeness (QED) is 0.121. The SMILES string of the molecule is CC(=O)SC1CC(C(S)C(C)C(=O)NCI)N(C(=O)OCc2ccc([N+](=O)[O-])cc2)C1. The van der Waals surface area contributed by atoms with E-state index in [0.29, 0.717) is 23.1 Å².